The molecule has 0 N–H and O–H groups in total. The third kappa shape index (κ3) is 2.76. The van der Waals surface area contributed by atoms with Gasteiger partial charge < -0.3 is 9.64 Å². The molecule has 1 atom stereocenters. The number of nitrogens with zero attached hydrogens (tertiary/aromatic N) is 3. The lowest BCUT2D eigenvalue weighted by Gasteiger charge is -2.41. The van der Waals surface area contributed by atoms with Gasteiger partial charge in [0.05, 0.1) is 18.1 Å². The van der Waals surface area contributed by atoms with Crippen LogP contribution in [-0.4, -0.2) is 44.9 Å². The van der Waals surface area contributed by atoms with E-state index in [1.165, 1.54) is 7.11 Å². The van der Waals surface area contributed by atoms with Gasteiger partial charge in [0.25, 0.3) is 0 Å². The summed E-state index contributed by atoms with van der Waals surface area (Å²) >= 11 is 6.20. The summed E-state index contributed by atoms with van der Waals surface area (Å²) in [7, 11) is 0.724. The van der Waals surface area contributed by atoms with Gasteiger partial charge in [-0.05, 0) is 12.8 Å². The number of ether oxygens (including phenoxy) is 1. The zero-order valence-electron chi connectivity index (χ0n) is 12.1. The Balaban J connectivity index is 2.32. The van der Waals surface area contributed by atoms with Crippen LogP contribution in [-0.2, 0) is 10.8 Å². The van der Waals surface area contributed by atoms with Crippen molar-refractivity contribution in [3.8, 4) is 6.01 Å². The summed E-state index contributed by atoms with van der Waals surface area (Å²) in [6, 6.07) is 0.301. The molecule has 0 spiro atoms. The van der Waals surface area contributed by atoms with Gasteiger partial charge >= 0.3 is 6.01 Å². The maximum absolute atomic E-state index is 12.4. The molecule has 0 amide bonds. The average molecular weight is 318 g/mol. The van der Waals surface area contributed by atoms with Crippen molar-refractivity contribution in [3.05, 3.63) is 11.2 Å². The first kappa shape index (κ1) is 15.5. The minimum absolute atomic E-state index is 0.181. The molecule has 1 fully saturated rings. The van der Waals surface area contributed by atoms with Gasteiger partial charge in [0, 0.05) is 29.6 Å². The molecule has 1 aliphatic heterocycles. The largest absolute Gasteiger partial charge is 0.467 e. The lowest BCUT2D eigenvalue weighted by molar-refractivity contribution is 0.379. The Labute approximate surface area is 127 Å². The highest BCUT2D eigenvalue weighted by Gasteiger charge is 2.39. The second-order valence-electron chi connectivity index (χ2n) is 4.89. The average Bonchev–Trinajstić information content (AvgIpc) is 2.49. The van der Waals surface area contributed by atoms with Gasteiger partial charge in [0.1, 0.15) is 5.02 Å². The van der Waals surface area contributed by atoms with Crippen LogP contribution in [0.1, 0.15) is 26.7 Å². The highest BCUT2D eigenvalue weighted by atomic mass is 35.5. The minimum atomic E-state index is -0.804. The Hall–Kier alpha value is -0.880. The Morgan fingerprint density at radius 3 is 2.80 bits per heavy atom. The second-order valence-corrected chi connectivity index (χ2v) is 7.26. The molecule has 2 heterocycles. The van der Waals surface area contributed by atoms with Crippen molar-refractivity contribution >= 4 is 28.2 Å². The quantitative estimate of drug-likeness (QED) is 0.852. The number of rotatable bonds is 4. The van der Waals surface area contributed by atoms with E-state index < -0.39 is 10.8 Å². The highest BCUT2D eigenvalue weighted by Crippen LogP contribution is 2.33. The maximum Gasteiger partial charge on any atom is 0.318 e. The molecule has 2 rings (SSSR count). The molecule has 0 aliphatic carbocycles. The molecule has 1 aromatic heterocycles. The Bertz CT molecular complexity index is 508. The molecule has 7 heteroatoms. The SMILES string of the molecule is CCC1(CC)CN(c2nc(OC)ncc2Cl)CCS1=O. The van der Waals surface area contributed by atoms with Gasteiger partial charge in [0.15, 0.2) is 5.82 Å². The van der Waals surface area contributed by atoms with Crippen LogP contribution >= 0.6 is 11.6 Å². The van der Waals surface area contributed by atoms with Crippen LogP contribution in [0, 0.1) is 0 Å². The van der Waals surface area contributed by atoms with E-state index in [9.17, 15) is 4.21 Å². The van der Waals surface area contributed by atoms with Crippen LogP contribution < -0.4 is 9.64 Å². The Kier molecular flexibility index (Phi) is 4.86. The van der Waals surface area contributed by atoms with Gasteiger partial charge in [-0.1, -0.05) is 25.4 Å². The first-order valence-corrected chi connectivity index (χ1v) is 8.46. The van der Waals surface area contributed by atoms with Crippen LogP contribution in [0.3, 0.4) is 0 Å². The standard InChI is InChI=1S/C13H20ClN3O2S/c1-4-13(5-2)9-17(6-7-20(13)18)11-10(14)8-15-12(16-11)19-3/h8H,4-7,9H2,1-3H3. The normalized spacial score (nSPS) is 21.8. The van der Waals surface area contributed by atoms with E-state index in [1.807, 2.05) is 0 Å². The predicted octanol–water partition coefficient (Wildman–Crippen LogP) is 2.27. The molecule has 0 aromatic carbocycles. The van der Waals surface area contributed by atoms with Crippen molar-refractivity contribution in [1.82, 2.24) is 9.97 Å². The van der Waals surface area contributed by atoms with E-state index in [4.69, 9.17) is 16.3 Å². The third-order valence-corrected chi connectivity index (χ3v) is 6.48. The molecule has 1 aliphatic rings. The third-order valence-electron chi connectivity index (χ3n) is 3.98. The lowest BCUT2D eigenvalue weighted by Crippen LogP contribution is -2.53. The maximum atomic E-state index is 12.4. The summed E-state index contributed by atoms with van der Waals surface area (Å²) in [6.45, 7) is 5.57. The lowest BCUT2D eigenvalue weighted by atomic mass is 10.0. The van der Waals surface area contributed by atoms with Crippen molar-refractivity contribution in [3.63, 3.8) is 0 Å². The fraction of sp³-hybridized carbons (Fsp3) is 0.692. The van der Waals surface area contributed by atoms with Crippen LogP contribution in [0.15, 0.2) is 6.20 Å². The predicted molar refractivity (Wildman–Crippen MR) is 82.1 cm³/mol. The number of hydrogen-bond acceptors (Lipinski definition) is 5. The van der Waals surface area contributed by atoms with Crippen LogP contribution in [0.5, 0.6) is 6.01 Å². The molecule has 1 saturated heterocycles. The molecule has 112 valence electrons. The highest BCUT2D eigenvalue weighted by molar-refractivity contribution is 7.86. The zero-order valence-corrected chi connectivity index (χ0v) is 13.6. The van der Waals surface area contributed by atoms with Gasteiger partial charge in [-0.25, -0.2) is 4.98 Å². The Morgan fingerprint density at radius 2 is 2.20 bits per heavy atom. The minimum Gasteiger partial charge on any atom is -0.467 e. The van der Waals surface area contributed by atoms with Crippen molar-refractivity contribution < 1.29 is 8.95 Å². The van der Waals surface area contributed by atoms with Gasteiger partial charge in [0.2, 0.25) is 0 Å². The van der Waals surface area contributed by atoms with Crippen LogP contribution in [0.2, 0.25) is 5.02 Å². The van der Waals surface area contributed by atoms with E-state index in [0.29, 0.717) is 35.7 Å². The first-order chi connectivity index (χ1) is 9.56. The van der Waals surface area contributed by atoms with Crippen LogP contribution in [0.25, 0.3) is 0 Å². The molecular weight excluding hydrogens is 298 g/mol. The summed E-state index contributed by atoms with van der Waals surface area (Å²) in [5.41, 5.74) is 0. The molecule has 5 nitrogen and oxygen atoms in total. The van der Waals surface area contributed by atoms with Crippen molar-refractivity contribution in [1.29, 1.82) is 0 Å². The number of hydrogen-bond donors (Lipinski definition) is 0. The summed E-state index contributed by atoms with van der Waals surface area (Å²) in [5.74, 6) is 1.31. The smallest absolute Gasteiger partial charge is 0.318 e. The molecule has 0 saturated carbocycles. The van der Waals surface area contributed by atoms with Crippen LogP contribution in [0.4, 0.5) is 5.82 Å². The van der Waals surface area contributed by atoms with E-state index >= 15 is 0 Å². The summed E-state index contributed by atoms with van der Waals surface area (Å²) in [4.78, 5) is 10.4. The second kappa shape index (κ2) is 6.26. The molecule has 1 aromatic rings. The molecule has 0 radical (unpaired) electrons. The first-order valence-electron chi connectivity index (χ1n) is 6.76. The number of halogens is 1. The molecule has 20 heavy (non-hydrogen) atoms. The monoisotopic (exact) mass is 317 g/mol. The Morgan fingerprint density at radius 1 is 1.50 bits per heavy atom. The van der Waals surface area contributed by atoms with Gasteiger partial charge in [-0.2, -0.15) is 4.98 Å². The summed E-state index contributed by atoms with van der Waals surface area (Å²) in [6.07, 6.45) is 3.31. The number of anilines is 1. The van der Waals surface area contributed by atoms with Gasteiger partial charge in [-0.15, -0.1) is 0 Å². The van der Waals surface area contributed by atoms with Crippen molar-refractivity contribution in [2.45, 2.75) is 31.4 Å². The van der Waals surface area contributed by atoms with E-state index in [2.05, 4.69) is 28.7 Å². The fourth-order valence-electron chi connectivity index (χ4n) is 2.55. The van der Waals surface area contributed by atoms with E-state index in [1.54, 1.807) is 6.20 Å². The topological polar surface area (TPSA) is 55.3 Å². The number of aromatic nitrogens is 2. The van der Waals surface area contributed by atoms with E-state index in [0.717, 1.165) is 12.8 Å². The molecular formula is C13H20ClN3O2S. The fourth-order valence-corrected chi connectivity index (χ4v) is 4.52. The van der Waals surface area contributed by atoms with Gasteiger partial charge in [-0.3, -0.25) is 4.21 Å². The van der Waals surface area contributed by atoms with Crippen molar-refractivity contribution in [2.75, 3.05) is 30.9 Å². The van der Waals surface area contributed by atoms with Crippen molar-refractivity contribution in [2.24, 2.45) is 0 Å². The summed E-state index contributed by atoms with van der Waals surface area (Å²) in [5, 5.41) is 0.500. The molecule has 1 unspecified atom stereocenters. The molecule has 0 bridgehead atoms. The summed E-state index contributed by atoms with van der Waals surface area (Å²) < 4.78 is 17.2. The van der Waals surface area contributed by atoms with E-state index in [-0.39, 0.29) is 4.75 Å². The number of methoxy groups -OCH3 is 1. The zero-order chi connectivity index (χ0) is 14.8.